The zero-order valence-corrected chi connectivity index (χ0v) is 15.1. The molecule has 1 aromatic heterocycles. The summed E-state index contributed by atoms with van der Waals surface area (Å²) >= 11 is 0. The van der Waals surface area contributed by atoms with Crippen molar-refractivity contribution in [1.29, 1.82) is 0 Å². The maximum atomic E-state index is 13.0. The van der Waals surface area contributed by atoms with Crippen LogP contribution < -0.4 is 5.32 Å². The van der Waals surface area contributed by atoms with Gasteiger partial charge in [0, 0.05) is 31.5 Å². The number of nitrogens with zero attached hydrogens (tertiary/aromatic N) is 3. The molecule has 0 aliphatic carbocycles. The summed E-state index contributed by atoms with van der Waals surface area (Å²) < 4.78 is 13.0. The molecule has 1 aliphatic rings. The van der Waals surface area contributed by atoms with Gasteiger partial charge in [-0.25, -0.2) is 14.4 Å². The lowest BCUT2D eigenvalue weighted by molar-refractivity contribution is -0.142. The molecule has 2 amide bonds. The average molecular weight is 386 g/mol. The number of carbonyl (C=O) groups excluding carboxylic acids is 2. The van der Waals surface area contributed by atoms with Crippen LogP contribution in [0.25, 0.3) is 0 Å². The van der Waals surface area contributed by atoms with E-state index in [9.17, 15) is 23.9 Å². The largest absolute Gasteiger partial charge is 0.481 e. The topological polar surface area (TPSA) is 112 Å². The Bertz CT molecular complexity index is 903. The van der Waals surface area contributed by atoms with E-state index in [2.05, 4.69) is 15.3 Å². The highest BCUT2D eigenvalue weighted by molar-refractivity contribution is 6.04. The first kappa shape index (κ1) is 19.4. The average Bonchev–Trinajstić information content (AvgIpc) is 3.08. The van der Waals surface area contributed by atoms with Crippen molar-refractivity contribution in [3.8, 4) is 0 Å². The van der Waals surface area contributed by atoms with Gasteiger partial charge in [0.25, 0.3) is 11.8 Å². The van der Waals surface area contributed by atoms with E-state index in [0.717, 1.165) is 0 Å². The van der Waals surface area contributed by atoms with Crippen LogP contribution in [-0.2, 0) is 11.3 Å². The summed E-state index contributed by atoms with van der Waals surface area (Å²) in [6, 6.07) is 5.13. The van der Waals surface area contributed by atoms with Crippen LogP contribution in [0, 0.1) is 11.7 Å². The van der Waals surface area contributed by atoms with Crippen molar-refractivity contribution in [2.45, 2.75) is 25.9 Å². The summed E-state index contributed by atoms with van der Waals surface area (Å²) in [4.78, 5) is 46.1. The minimum Gasteiger partial charge on any atom is -0.481 e. The number of carboxylic acid groups (broad SMARTS) is 1. The molecular weight excluding hydrogens is 367 g/mol. The summed E-state index contributed by atoms with van der Waals surface area (Å²) in [5.41, 5.74) is 0.418. The minimum absolute atomic E-state index is 0.128. The van der Waals surface area contributed by atoms with Crippen molar-refractivity contribution >= 4 is 17.8 Å². The first-order chi connectivity index (χ1) is 13.4. The first-order valence-corrected chi connectivity index (χ1v) is 8.76. The minimum atomic E-state index is -0.959. The molecule has 1 saturated heterocycles. The van der Waals surface area contributed by atoms with E-state index in [-0.39, 0.29) is 30.3 Å². The van der Waals surface area contributed by atoms with E-state index in [1.165, 1.54) is 41.6 Å². The monoisotopic (exact) mass is 386 g/mol. The van der Waals surface area contributed by atoms with Crippen LogP contribution in [0.2, 0.25) is 0 Å². The summed E-state index contributed by atoms with van der Waals surface area (Å²) in [5.74, 6) is -3.12. The quantitative estimate of drug-likeness (QED) is 0.805. The Kier molecular flexibility index (Phi) is 5.62. The van der Waals surface area contributed by atoms with E-state index in [0.29, 0.717) is 12.0 Å². The molecule has 2 unspecified atom stereocenters. The van der Waals surface area contributed by atoms with Crippen molar-refractivity contribution < 1.29 is 23.9 Å². The van der Waals surface area contributed by atoms with E-state index in [1.807, 2.05) is 0 Å². The van der Waals surface area contributed by atoms with Crippen LogP contribution >= 0.6 is 0 Å². The van der Waals surface area contributed by atoms with Crippen molar-refractivity contribution in [2.75, 3.05) is 6.54 Å². The zero-order valence-electron chi connectivity index (χ0n) is 15.1. The Labute approximate surface area is 160 Å². The van der Waals surface area contributed by atoms with Gasteiger partial charge in [-0.15, -0.1) is 0 Å². The molecular formula is C19H19FN4O4. The molecule has 2 atom stereocenters. The van der Waals surface area contributed by atoms with Crippen LogP contribution in [-0.4, -0.2) is 50.3 Å². The number of benzene rings is 1. The molecule has 2 N–H and O–H groups in total. The molecule has 28 heavy (non-hydrogen) atoms. The van der Waals surface area contributed by atoms with E-state index < -0.39 is 29.7 Å². The molecule has 0 spiro atoms. The molecule has 146 valence electrons. The standard InChI is InChI=1S/C19H19FN4O4/c1-11-14(19(27)28)6-9-24(11)18(26)16-15(21-7-8-22-16)17(25)23-10-12-2-4-13(20)5-3-12/h2-5,7-8,11,14H,6,9-10H2,1H3,(H,23,25)(H,27,28). The smallest absolute Gasteiger partial charge is 0.308 e. The molecule has 1 aromatic carbocycles. The number of likely N-dealkylation sites (tertiary alicyclic amines) is 1. The van der Waals surface area contributed by atoms with Crippen molar-refractivity contribution in [2.24, 2.45) is 5.92 Å². The predicted octanol–water partition coefficient (Wildman–Crippen LogP) is 1.48. The lowest BCUT2D eigenvalue weighted by Gasteiger charge is -2.23. The van der Waals surface area contributed by atoms with E-state index >= 15 is 0 Å². The highest BCUT2D eigenvalue weighted by Gasteiger charge is 2.39. The second-order valence-electron chi connectivity index (χ2n) is 6.54. The molecule has 2 heterocycles. The fourth-order valence-corrected chi connectivity index (χ4v) is 3.22. The van der Waals surface area contributed by atoms with Gasteiger partial charge < -0.3 is 15.3 Å². The summed E-state index contributed by atoms with van der Waals surface area (Å²) in [7, 11) is 0. The summed E-state index contributed by atoms with van der Waals surface area (Å²) in [6.45, 7) is 2.06. The van der Waals surface area contributed by atoms with Crippen molar-refractivity contribution in [1.82, 2.24) is 20.2 Å². The van der Waals surface area contributed by atoms with Crippen LogP contribution in [0.1, 0.15) is 39.9 Å². The number of aromatic nitrogens is 2. The number of carboxylic acids is 1. The van der Waals surface area contributed by atoms with Gasteiger partial charge >= 0.3 is 5.97 Å². The number of halogens is 1. The Morgan fingerprint density at radius 1 is 1.18 bits per heavy atom. The lowest BCUT2D eigenvalue weighted by Crippen LogP contribution is -2.39. The zero-order chi connectivity index (χ0) is 20.3. The fraction of sp³-hybridized carbons (Fsp3) is 0.316. The maximum absolute atomic E-state index is 13.0. The highest BCUT2D eigenvalue weighted by atomic mass is 19.1. The number of rotatable bonds is 5. The third kappa shape index (κ3) is 3.98. The third-order valence-electron chi connectivity index (χ3n) is 4.82. The molecule has 0 radical (unpaired) electrons. The number of carbonyl (C=O) groups is 3. The molecule has 1 aliphatic heterocycles. The molecule has 1 fully saturated rings. The molecule has 3 rings (SSSR count). The second-order valence-corrected chi connectivity index (χ2v) is 6.54. The van der Waals surface area contributed by atoms with Gasteiger partial charge in [-0.2, -0.15) is 0 Å². The maximum Gasteiger partial charge on any atom is 0.308 e. The van der Waals surface area contributed by atoms with Gasteiger partial charge in [0.05, 0.1) is 5.92 Å². The van der Waals surface area contributed by atoms with Crippen LogP contribution in [0.3, 0.4) is 0 Å². The SMILES string of the molecule is CC1C(C(=O)O)CCN1C(=O)c1nccnc1C(=O)NCc1ccc(F)cc1. The van der Waals surface area contributed by atoms with Gasteiger partial charge in [-0.3, -0.25) is 14.4 Å². The number of amides is 2. The normalized spacial score (nSPS) is 18.7. The predicted molar refractivity (Wildman–Crippen MR) is 95.8 cm³/mol. The molecule has 0 bridgehead atoms. The highest BCUT2D eigenvalue weighted by Crippen LogP contribution is 2.26. The number of hydrogen-bond acceptors (Lipinski definition) is 5. The molecule has 9 heteroatoms. The number of aliphatic carboxylic acids is 1. The summed E-state index contributed by atoms with van der Waals surface area (Å²) in [6.07, 6.45) is 2.95. The Balaban J connectivity index is 1.75. The first-order valence-electron chi connectivity index (χ1n) is 8.76. The third-order valence-corrected chi connectivity index (χ3v) is 4.82. The van der Waals surface area contributed by atoms with Crippen LogP contribution in [0.5, 0.6) is 0 Å². The summed E-state index contributed by atoms with van der Waals surface area (Å²) in [5, 5.41) is 11.9. The second kappa shape index (κ2) is 8.12. The Hall–Kier alpha value is -3.36. The van der Waals surface area contributed by atoms with Crippen molar-refractivity contribution in [3.05, 3.63) is 59.4 Å². The Morgan fingerprint density at radius 2 is 1.82 bits per heavy atom. The number of nitrogens with one attached hydrogen (secondary N) is 1. The van der Waals surface area contributed by atoms with Gasteiger partial charge in [-0.1, -0.05) is 12.1 Å². The van der Waals surface area contributed by atoms with Crippen molar-refractivity contribution in [3.63, 3.8) is 0 Å². The Morgan fingerprint density at radius 3 is 2.43 bits per heavy atom. The van der Waals surface area contributed by atoms with Gasteiger partial charge in [-0.05, 0) is 31.0 Å². The lowest BCUT2D eigenvalue weighted by atomic mass is 10.0. The molecule has 2 aromatic rings. The van der Waals surface area contributed by atoms with E-state index in [1.54, 1.807) is 6.92 Å². The molecule has 8 nitrogen and oxygen atoms in total. The van der Waals surface area contributed by atoms with E-state index in [4.69, 9.17) is 0 Å². The van der Waals surface area contributed by atoms with Gasteiger partial charge in [0.1, 0.15) is 5.82 Å². The van der Waals surface area contributed by atoms with Gasteiger partial charge in [0.2, 0.25) is 0 Å². The van der Waals surface area contributed by atoms with Crippen LogP contribution in [0.15, 0.2) is 36.7 Å². The van der Waals surface area contributed by atoms with Gasteiger partial charge in [0.15, 0.2) is 11.4 Å². The fourth-order valence-electron chi connectivity index (χ4n) is 3.22. The number of hydrogen-bond donors (Lipinski definition) is 2. The van der Waals surface area contributed by atoms with Crippen LogP contribution in [0.4, 0.5) is 4.39 Å². The molecule has 0 saturated carbocycles.